The molecule has 2 aromatic carbocycles. The van der Waals surface area contributed by atoms with E-state index in [1.165, 1.54) is 11.1 Å². The summed E-state index contributed by atoms with van der Waals surface area (Å²) >= 11 is 0. The predicted molar refractivity (Wildman–Crippen MR) is 129 cm³/mol. The highest BCUT2D eigenvalue weighted by Crippen LogP contribution is 2.50. The van der Waals surface area contributed by atoms with Gasteiger partial charge in [-0.05, 0) is 53.5 Å². The minimum atomic E-state index is -0.136. The number of rotatable bonds is 2. The average Bonchev–Trinajstić information content (AvgIpc) is 3.10. The van der Waals surface area contributed by atoms with E-state index in [-0.39, 0.29) is 22.8 Å². The lowest BCUT2D eigenvalue weighted by atomic mass is 9.73. The molecule has 3 N–H and O–H groups in total. The highest BCUT2D eigenvalue weighted by Gasteiger charge is 2.46. The number of hydrogen-bond acceptors (Lipinski definition) is 5. The van der Waals surface area contributed by atoms with Crippen molar-refractivity contribution in [2.24, 2.45) is 18.2 Å². The Hall–Kier alpha value is -3.56. The molecule has 1 atom stereocenters. The zero-order valence-electron chi connectivity index (χ0n) is 18.8. The number of aromatic nitrogens is 2. The molecule has 1 aromatic heterocycles. The van der Waals surface area contributed by atoms with Gasteiger partial charge in [-0.25, -0.2) is 4.98 Å². The average molecular weight is 441 g/mol. The summed E-state index contributed by atoms with van der Waals surface area (Å²) in [7, 11) is 1.76. The fraction of sp³-hybridized carbons (Fsp3) is 0.333. The fourth-order valence-corrected chi connectivity index (χ4v) is 5.23. The van der Waals surface area contributed by atoms with Crippen LogP contribution in [0.15, 0.2) is 59.5 Å². The van der Waals surface area contributed by atoms with Gasteiger partial charge < -0.3 is 15.7 Å². The van der Waals surface area contributed by atoms with Crippen LogP contribution in [0.25, 0.3) is 0 Å². The molecule has 0 radical (unpaired) electrons. The molecule has 1 saturated heterocycles. The number of phenolic OH excluding ortho intramolecular Hbond substituents is 1. The molecule has 0 unspecified atom stereocenters. The summed E-state index contributed by atoms with van der Waals surface area (Å²) in [5.74, 6) is 6.91. The zero-order valence-corrected chi connectivity index (χ0v) is 18.8. The Bertz CT molecular complexity index is 1290. The molecule has 2 heterocycles. The maximum Gasteiger partial charge on any atom is 0.270 e. The number of nitrogens with two attached hydrogens (primary N) is 1. The Morgan fingerprint density at radius 1 is 1.15 bits per heavy atom. The molecule has 0 amide bonds. The molecule has 6 heteroatoms. The molecule has 33 heavy (non-hydrogen) atoms. The van der Waals surface area contributed by atoms with Crippen molar-refractivity contribution in [3.05, 3.63) is 87.3 Å². The van der Waals surface area contributed by atoms with Gasteiger partial charge in [-0.3, -0.25) is 9.36 Å². The molecule has 2 aliphatic rings. The number of nitrogens with zero attached hydrogens (tertiary/aromatic N) is 3. The maximum atomic E-state index is 12.9. The molecule has 1 aliphatic heterocycles. The first-order valence-corrected chi connectivity index (χ1v) is 11.4. The highest BCUT2D eigenvalue weighted by atomic mass is 16.3. The zero-order chi connectivity index (χ0) is 23.0. The van der Waals surface area contributed by atoms with Crippen LogP contribution in [0.5, 0.6) is 5.75 Å². The Kier molecular flexibility index (Phi) is 5.43. The largest absolute Gasteiger partial charge is 0.508 e. The van der Waals surface area contributed by atoms with Crippen LogP contribution in [0.3, 0.4) is 0 Å². The van der Waals surface area contributed by atoms with E-state index in [0.29, 0.717) is 17.9 Å². The topological polar surface area (TPSA) is 84.4 Å². The monoisotopic (exact) mass is 440 g/mol. The van der Waals surface area contributed by atoms with Crippen molar-refractivity contribution in [1.29, 1.82) is 0 Å². The Balaban J connectivity index is 1.29. The molecule has 0 saturated carbocycles. The van der Waals surface area contributed by atoms with Crippen LogP contribution in [0.1, 0.15) is 41.1 Å². The van der Waals surface area contributed by atoms with Crippen LogP contribution in [0.4, 0.5) is 5.95 Å². The predicted octanol–water partition coefficient (Wildman–Crippen LogP) is 2.92. The van der Waals surface area contributed by atoms with Gasteiger partial charge in [-0.2, -0.15) is 0 Å². The summed E-state index contributed by atoms with van der Waals surface area (Å²) in [6.07, 6.45) is 5.07. The van der Waals surface area contributed by atoms with Crippen molar-refractivity contribution < 1.29 is 5.11 Å². The molecule has 6 nitrogen and oxygen atoms in total. The summed E-state index contributed by atoms with van der Waals surface area (Å²) in [6, 6.07) is 15.5. The number of piperidine rings is 1. The molecule has 5 rings (SSSR count). The lowest BCUT2D eigenvalue weighted by molar-refractivity contribution is 0.186. The van der Waals surface area contributed by atoms with Crippen molar-refractivity contribution in [1.82, 2.24) is 9.55 Å². The third kappa shape index (κ3) is 3.90. The van der Waals surface area contributed by atoms with Gasteiger partial charge in [-0.15, -0.1) is 0 Å². The third-order valence-corrected chi connectivity index (χ3v) is 7.23. The van der Waals surface area contributed by atoms with Gasteiger partial charge in [0, 0.05) is 32.6 Å². The van der Waals surface area contributed by atoms with Crippen LogP contribution >= 0.6 is 0 Å². The Labute approximate surface area is 193 Å². The van der Waals surface area contributed by atoms with E-state index in [0.717, 1.165) is 37.9 Å². The van der Waals surface area contributed by atoms with E-state index in [2.05, 4.69) is 46.0 Å². The van der Waals surface area contributed by atoms with Crippen molar-refractivity contribution in [3.8, 4) is 17.6 Å². The number of fused-ring (bicyclic) bond motifs is 1. The summed E-state index contributed by atoms with van der Waals surface area (Å²) in [4.78, 5) is 19.7. The van der Waals surface area contributed by atoms with Crippen LogP contribution in [0, 0.1) is 17.3 Å². The number of benzene rings is 2. The van der Waals surface area contributed by atoms with Gasteiger partial charge in [0.15, 0.2) is 0 Å². The lowest BCUT2D eigenvalue weighted by Crippen LogP contribution is -2.46. The Morgan fingerprint density at radius 2 is 1.88 bits per heavy atom. The summed E-state index contributed by atoms with van der Waals surface area (Å²) in [6.45, 7) is 1.65. The van der Waals surface area contributed by atoms with E-state index < -0.39 is 0 Å². The second-order valence-corrected chi connectivity index (χ2v) is 9.18. The minimum Gasteiger partial charge on any atom is -0.508 e. The molecule has 3 aromatic rings. The van der Waals surface area contributed by atoms with Gasteiger partial charge in [0.2, 0.25) is 5.95 Å². The fourth-order valence-electron chi connectivity index (χ4n) is 5.23. The third-order valence-electron chi connectivity index (χ3n) is 7.23. The molecular weight excluding hydrogens is 412 g/mol. The van der Waals surface area contributed by atoms with Crippen LogP contribution in [0.2, 0.25) is 0 Å². The van der Waals surface area contributed by atoms with Crippen LogP contribution < -0.4 is 16.2 Å². The molecule has 1 spiro atoms. The van der Waals surface area contributed by atoms with E-state index in [1.807, 2.05) is 12.1 Å². The summed E-state index contributed by atoms with van der Waals surface area (Å²) in [5, 5.41) is 9.38. The van der Waals surface area contributed by atoms with Gasteiger partial charge >= 0.3 is 0 Å². The molecule has 0 bridgehead atoms. The maximum absolute atomic E-state index is 12.9. The quantitative estimate of drug-likeness (QED) is 0.599. The number of hydrogen-bond donors (Lipinski definition) is 2. The summed E-state index contributed by atoms with van der Waals surface area (Å²) < 4.78 is 1.60. The van der Waals surface area contributed by atoms with Crippen LogP contribution in [-0.4, -0.2) is 27.7 Å². The second-order valence-electron chi connectivity index (χ2n) is 9.18. The van der Waals surface area contributed by atoms with E-state index in [4.69, 9.17) is 5.73 Å². The van der Waals surface area contributed by atoms with Crippen molar-refractivity contribution >= 4 is 5.95 Å². The standard InChI is InChI=1S/C27H28N4O2/c1-30-25(33)21(7-4-5-19-9-11-22(32)12-10-19)18-29-26(30)31-15-13-27(14-16-31)17-20-6-2-3-8-23(20)24(27)28/h2-3,6,8-12,18,24,32H,5,13-17,28H2,1H3/t24-/m1/s1. The molecule has 1 fully saturated rings. The van der Waals surface area contributed by atoms with Gasteiger partial charge in [0.25, 0.3) is 5.56 Å². The van der Waals surface area contributed by atoms with E-state index in [9.17, 15) is 9.90 Å². The molecule has 1 aliphatic carbocycles. The normalized spacial score (nSPS) is 18.6. The van der Waals surface area contributed by atoms with Crippen molar-refractivity contribution in [3.63, 3.8) is 0 Å². The number of anilines is 1. The smallest absolute Gasteiger partial charge is 0.270 e. The molecular formula is C27H28N4O2. The summed E-state index contributed by atoms with van der Waals surface area (Å²) in [5.41, 5.74) is 10.7. The van der Waals surface area contributed by atoms with Crippen LogP contribution in [-0.2, 0) is 19.9 Å². The highest BCUT2D eigenvalue weighted by molar-refractivity contribution is 5.42. The second kappa shape index (κ2) is 8.42. The first-order valence-electron chi connectivity index (χ1n) is 11.4. The number of phenols is 1. The van der Waals surface area contributed by atoms with Crippen molar-refractivity contribution in [2.45, 2.75) is 31.7 Å². The minimum absolute atomic E-state index is 0.0684. The van der Waals surface area contributed by atoms with Gasteiger partial charge in [-0.1, -0.05) is 48.2 Å². The lowest BCUT2D eigenvalue weighted by Gasteiger charge is -2.42. The van der Waals surface area contributed by atoms with Crippen molar-refractivity contribution in [2.75, 3.05) is 18.0 Å². The van der Waals surface area contributed by atoms with Gasteiger partial charge in [0.1, 0.15) is 11.3 Å². The van der Waals surface area contributed by atoms with E-state index in [1.54, 1.807) is 29.9 Å². The van der Waals surface area contributed by atoms with E-state index >= 15 is 0 Å². The first-order chi connectivity index (χ1) is 16.0. The molecule has 168 valence electrons. The first kappa shape index (κ1) is 21.3. The van der Waals surface area contributed by atoms with Gasteiger partial charge in [0.05, 0.1) is 6.20 Å². The number of aromatic hydroxyl groups is 1. The Morgan fingerprint density at radius 3 is 2.61 bits per heavy atom. The SMILES string of the molecule is Cn1c(N2CCC3(CC2)Cc2ccccc2[C@H]3N)ncc(C#CCc2ccc(O)cc2)c1=O.